The molecular weight excluding hydrogens is 280 g/mol. The molecule has 116 valence electrons. The first-order chi connectivity index (χ1) is 9.93. The Hall–Kier alpha value is -0.550. The van der Waals surface area contributed by atoms with Gasteiger partial charge in [-0.15, -0.1) is 4.72 Å². The lowest BCUT2D eigenvalue weighted by atomic mass is 9.66. The quantitative estimate of drug-likeness (QED) is 0.869. The summed E-state index contributed by atoms with van der Waals surface area (Å²) in [6.07, 6.45) is 1.30. The van der Waals surface area contributed by atoms with Crippen molar-refractivity contribution in [3.8, 4) is 0 Å². The smallest absolute Gasteiger partial charge is 0.136 e. The van der Waals surface area contributed by atoms with Crippen molar-refractivity contribution in [3.05, 3.63) is 35.9 Å². The Morgan fingerprint density at radius 2 is 1.81 bits per heavy atom. The van der Waals surface area contributed by atoms with Crippen LogP contribution in [0, 0.1) is 11.8 Å². The van der Waals surface area contributed by atoms with E-state index in [0.29, 0.717) is 17.9 Å². The highest BCUT2D eigenvalue weighted by molar-refractivity contribution is 7.90. The van der Waals surface area contributed by atoms with Gasteiger partial charge in [0, 0.05) is 31.0 Å². The van der Waals surface area contributed by atoms with E-state index in [1.165, 1.54) is 12.0 Å². The number of fused-ring (bicyclic) bond motifs is 2. The summed E-state index contributed by atoms with van der Waals surface area (Å²) in [5.74, 6) is 1.33. The lowest BCUT2D eigenvalue weighted by Gasteiger charge is -2.53. The van der Waals surface area contributed by atoms with E-state index in [-0.39, 0.29) is 4.75 Å². The van der Waals surface area contributed by atoms with Crippen LogP contribution in [0.15, 0.2) is 30.3 Å². The normalized spacial score (nSPS) is 30.8. The van der Waals surface area contributed by atoms with Gasteiger partial charge in [0.1, 0.15) is 4.75 Å². The van der Waals surface area contributed by atoms with Gasteiger partial charge in [-0.25, -0.2) is 0 Å². The summed E-state index contributed by atoms with van der Waals surface area (Å²) >= 11 is -0.943. The highest BCUT2D eigenvalue weighted by Crippen LogP contribution is 2.41. The maximum absolute atomic E-state index is 12.3. The van der Waals surface area contributed by atoms with Gasteiger partial charge >= 0.3 is 0 Å². The van der Waals surface area contributed by atoms with Gasteiger partial charge in [-0.3, -0.25) is 4.90 Å². The Labute approximate surface area is 131 Å². The molecule has 1 aliphatic carbocycles. The topological polar surface area (TPSA) is 38.3 Å². The molecule has 4 rings (SSSR count). The van der Waals surface area contributed by atoms with Crippen LogP contribution in [0.25, 0.3) is 0 Å². The van der Waals surface area contributed by atoms with E-state index >= 15 is 0 Å². The average Bonchev–Trinajstić information content (AvgIpc) is 2.44. The molecule has 1 aromatic carbocycles. The van der Waals surface area contributed by atoms with Crippen molar-refractivity contribution in [2.45, 2.75) is 44.5 Å². The molecule has 2 heterocycles. The monoisotopic (exact) mass is 306 g/mol. The summed E-state index contributed by atoms with van der Waals surface area (Å²) < 4.78 is 15.5. The molecule has 2 aliphatic heterocycles. The van der Waals surface area contributed by atoms with Crippen LogP contribution in [-0.4, -0.2) is 33.3 Å². The molecule has 4 heteroatoms. The zero-order valence-electron chi connectivity index (χ0n) is 13.2. The number of hydrogen-bond acceptors (Lipinski definition) is 3. The summed E-state index contributed by atoms with van der Waals surface area (Å²) in [4.78, 5) is 2.55. The first kappa shape index (κ1) is 15.3. The molecule has 0 spiro atoms. The number of nitrogens with one attached hydrogen (secondary N) is 1. The summed E-state index contributed by atoms with van der Waals surface area (Å²) in [6, 6.07) is 11.1. The van der Waals surface area contributed by atoms with Gasteiger partial charge in [0.25, 0.3) is 0 Å². The van der Waals surface area contributed by atoms with Gasteiger partial charge in [0.05, 0.1) is 6.04 Å². The van der Waals surface area contributed by atoms with Crippen LogP contribution in [0.4, 0.5) is 0 Å². The second-order valence-corrected chi connectivity index (χ2v) is 9.46. The van der Waals surface area contributed by atoms with Crippen molar-refractivity contribution in [1.82, 2.24) is 9.62 Å². The molecule has 1 aromatic rings. The van der Waals surface area contributed by atoms with E-state index in [2.05, 4.69) is 40.0 Å². The van der Waals surface area contributed by atoms with Crippen LogP contribution >= 0.6 is 0 Å². The largest absolute Gasteiger partial charge is 0.598 e. The third kappa shape index (κ3) is 3.45. The Kier molecular flexibility index (Phi) is 4.33. The fourth-order valence-corrected chi connectivity index (χ4v) is 4.43. The van der Waals surface area contributed by atoms with Gasteiger partial charge in [-0.2, -0.15) is 0 Å². The SMILES string of the molecule is CC(C)(C)[S+]([O-])NC1C2CC1CN(Cc1ccccc1)C2. The van der Waals surface area contributed by atoms with Gasteiger partial charge in [-0.05, 0) is 44.6 Å². The lowest BCUT2D eigenvalue weighted by molar-refractivity contribution is -0.00889. The Bertz CT molecular complexity index is 461. The van der Waals surface area contributed by atoms with Gasteiger partial charge < -0.3 is 4.55 Å². The highest BCUT2D eigenvalue weighted by atomic mass is 32.2. The third-order valence-corrected chi connectivity index (χ3v) is 6.25. The molecule has 2 saturated heterocycles. The van der Waals surface area contributed by atoms with Crippen LogP contribution in [0.2, 0.25) is 0 Å². The molecular formula is C17H26N2OS. The molecule has 0 amide bonds. The summed E-state index contributed by atoms with van der Waals surface area (Å²) in [5, 5.41) is 0. The second kappa shape index (κ2) is 5.92. The van der Waals surface area contributed by atoms with Crippen molar-refractivity contribution < 1.29 is 4.55 Å². The Morgan fingerprint density at radius 3 is 2.38 bits per heavy atom. The lowest BCUT2D eigenvalue weighted by Crippen LogP contribution is -2.65. The number of rotatable bonds is 4. The van der Waals surface area contributed by atoms with Gasteiger partial charge in [0.15, 0.2) is 0 Å². The summed E-state index contributed by atoms with van der Waals surface area (Å²) in [5.41, 5.74) is 1.39. The molecule has 0 radical (unpaired) electrons. The minimum Gasteiger partial charge on any atom is -0.598 e. The van der Waals surface area contributed by atoms with E-state index in [4.69, 9.17) is 0 Å². The molecule has 21 heavy (non-hydrogen) atoms. The van der Waals surface area contributed by atoms with Gasteiger partial charge in [0.2, 0.25) is 0 Å². The van der Waals surface area contributed by atoms with Gasteiger partial charge in [-0.1, -0.05) is 30.3 Å². The molecule has 3 fully saturated rings. The van der Waals surface area contributed by atoms with Crippen molar-refractivity contribution in [2.75, 3.05) is 13.1 Å². The molecule has 3 atom stereocenters. The summed E-state index contributed by atoms with van der Waals surface area (Å²) in [6.45, 7) is 9.41. The van der Waals surface area contributed by atoms with Crippen LogP contribution in [0.5, 0.6) is 0 Å². The Balaban J connectivity index is 1.53. The molecule has 1 N–H and O–H groups in total. The molecule has 3 aliphatic rings. The average molecular weight is 306 g/mol. The zero-order chi connectivity index (χ0) is 15.0. The van der Waals surface area contributed by atoms with Crippen molar-refractivity contribution in [3.63, 3.8) is 0 Å². The van der Waals surface area contributed by atoms with E-state index in [0.717, 1.165) is 19.6 Å². The fraction of sp³-hybridized carbons (Fsp3) is 0.647. The minimum atomic E-state index is -0.943. The summed E-state index contributed by atoms with van der Waals surface area (Å²) in [7, 11) is 0. The maximum atomic E-state index is 12.3. The standard InChI is InChI=1S/C17H26N2OS/c1-17(2,3)21(20)18-16-14-9-15(16)12-19(11-14)10-13-7-5-4-6-8-13/h4-8,14-16,18H,9-12H2,1-3H3. The third-order valence-electron chi connectivity index (χ3n) is 4.65. The molecule has 3 nitrogen and oxygen atoms in total. The number of benzene rings is 1. The van der Waals surface area contributed by atoms with Crippen LogP contribution < -0.4 is 4.72 Å². The fourth-order valence-electron chi connectivity index (χ4n) is 3.45. The van der Waals surface area contributed by atoms with E-state index in [1.807, 2.05) is 20.8 Å². The van der Waals surface area contributed by atoms with Crippen LogP contribution in [0.3, 0.4) is 0 Å². The molecule has 2 bridgehead atoms. The number of nitrogens with zero attached hydrogens (tertiary/aromatic N) is 1. The molecule has 3 unspecified atom stereocenters. The minimum absolute atomic E-state index is 0.173. The second-order valence-electron chi connectivity index (χ2n) is 7.46. The van der Waals surface area contributed by atoms with Crippen molar-refractivity contribution in [1.29, 1.82) is 0 Å². The first-order valence-corrected chi connectivity index (χ1v) is 9.03. The highest BCUT2D eigenvalue weighted by Gasteiger charge is 2.49. The maximum Gasteiger partial charge on any atom is 0.136 e. The number of hydrogen-bond donors (Lipinski definition) is 1. The zero-order valence-corrected chi connectivity index (χ0v) is 14.0. The first-order valence-electron chi connectivity index (χ1n) is 7.88. The molecule has 0 aromatic heterocycles. The van der Waals surface area contributed by atoms with Crippen molar-refractivity contribution in [2.24, 2.45) is 11.8 Å². The van der Waals surface area contributed by atoms with Crippen LogP contribution in [-0.2, 0) is 17.9 Å². The predicted molar refractivity (Wildman–Crippen MR) is 88.1 cm³/mol. The van der Waals surface area contributed by atoms with E-state index in [1.54, 1.807) is 0 Å². The Morgan fingerprint density at radius 1 is 1.19 bits per heavy atom. The predicted octanol–water partition coefficient (Wildman–Crippen LogP) is 2.56. The van der Waals surface area contributed by atoms with E-state index in [9.17, 15) is 4.55 Å². The molecule has 1 saturated carbocycles. The van der Waals surface area contributed by atoms with Crippen LogP contribution in [0.1, 0.15) is 32.8 Å². The number of piperidine rings is 2. The van der Waals surface area contributed by atoms with E-state index < -0.39 is 11.4 Å². The van der Waals surface area contributed by atoms with Crippen molar-refractivity contribution >= 4 is 11.4 Å².